The molecular formula is C6H14ClO5P. The van der Waals surface area contributed by atoms with E-state index in [4.69, 9.17) is 21.6 Å². The summed E-state index contributed by atoms with van der Waals surface area (Å²) in [6.45, 7) is 3.29. The number of rotatable bonds is 6. The average molecular weight is 233 g/mol. The molecule has 0 radical (unpaired) electrons. The van der Waals surface area contributed by atoms with Gasteiger partial charge in [-0.15, -0.1) is 0 Å². The van der Waals surface area contributed by atoms with Crippen LogP contribution in [0.2, 0.25) is 0 Å². The minimum Gasteiger partial charge on any atom is -0.367 e. The lowest BCUT2D eigenvalue weighted by molar-refractivity contribution is -0.0454. The zero-order valence-electron chi connectivity index (χ0n) is 7.51. The van der Waals surface area contributed by atoms with Crippen molar-refractivity contribution < 1.29 is 23.6 Å². The molecule has 0 bridgehead atoms. The fourth-order valence-corrected chi connectivity index (χ4v) is 1.72. The maximum Gasteiger partial charge on any atom is 0.475 e. The van der Waals surface area contributed by atoms with Crippen LogP contribution >= 0.6 is 19.4 Å². The van der Waals surface area contributed by atoms with Gasteiger partial charge in [0.1, 0.15) is 5.56 Å². The largest absolute Gasteiger partial charge is 0.475 e. The summed E-state index contributed by atoms with van der Waals surface area (Å²) in [5.41, 5.74) is -0.889. The van der Waals surface area contributed by atoms with E-state index >= 15 is 0 Å². The molecule has 0 aliphatic heterocycles. The Kier molecular flexibility index (Phi) is 6.12. The Morgan fingerprint density at radius 1 is 1.38 bits per heavy atom. The molecule has 0 spiro atoms. The molecule has 2 N–H and O–H groups in total. The van der Waals surface area contributed by atoms with Crippen molar-refractivity contribution in [2.24, 2.45) is 0 Å². The molecule has 7 heteroatoms. The monoisotopic (exact) mass is 232 g/mol. The van der Waals surface area contributed by atoms with Gasteiger partial charge in [-0.05, 0) is 12.8 Å². The summed E-state index contributed by atoms with van der Waals surface area (Å²) in [5.74, 6) is 0. The van der Waals surface area contributed by atoms with Crippen molar-refractivity contribution >= 4 is 19.4 Å². The highest BCUT2D eigenvalue weighted by molar-refractivity contribution is 7.47. The molecule has 3 unspecified atom stereocenters. The fraction of sp³-hybridized carbons (Fsp3) is 1.00. The van der Waals surface area contributed by atoms with Gasteiger partial charge < -0.3 is 10.00 Å². The van der Waals surface area contributed by atoms with Gasteiger partial charge in [-0.2, -0.15) is 0 Å². The van der Waals surface area contributed by atoms with Crippen LogP contribution in [0, 0.1) is 0 Å². The van der Waals surface area contributed by atoms with Crippen LogP contribution in [0.15, 0.2) is 0 Å². The summed E-state index contributed by atoms with van der Waals surface area (Å²) in [4.78, 5) is 8.98. The average Bonchev–Trinajstić information content (AvgIpc) is 2.02. The smallest absolute Gasteiger partial charge is 0.367 e. The van der Waals surface area contributed by atoms with E-state index in [-0.39, 0.29) is 6.42 Å². The first-order valence-electron chi connectivity index (χ1n) is 3.93. The second-order valence-electron chi connectivity index (χ2n) is 2.36. The number of phosphoric ester groups is 1. The highest BCUT2D eigenvalue weighted by Gasteiger charge is 2.27. The molecule has 0 aromatic heterocycles. The molecule has 0 amide bonds. The van der Waals surface area contributed by atoms with Crippen molar-refractivity contribution in [3.05, 3.63) is 0 Å². The van der Waals surface area contributed by atoms with E-state index in [9.17, 15) is 4.57 Å². The molecule has 0 aliphatic carbocycles. The van der Waals surface area contributed by atoms with Crippen molar-refractivity contribution in [1.82, 2.24) is 0 Å². The first-order chi connectivity index (χ1) is 5.91. The number of aliphatic hydroxyl groups excluding tert-OH is 1. The molecule has 80 valence electrons. The standard InChI is InChI=1S/C6H14ClO5P/c1-3-5(7)11-13(9,10)12-6(8)4-2/h5-6,8H,3-4H2,1-2H3,(H,9,10). The van der Waals surface area contributed by atoms with Crippen LogP contribution in [0.4, 0.5) is 0 Å². The SMILES string of the molecule is CCC(O)OP(=O)(O)OC(Cl)CC. The van der Waals surface area contributed by atoms with Crippen LogP contribution in [0.3, 0.4) is 0 Å². The van der Waals surface area contributed by atoms with Gasteiger partial charge in [-0.3, -0.25) is 9.05 Å². The van der Waals surface area contributed by atoms with Gasteiger partial charge in [0.15, 0.2) is 6.29 Å². The minimum atomic E-state index is -4.22. The van der Waals surface area contributed by atoms with Crippen molar-refractivity contribution in [3.63, 3.8) is 0 Å². The molecule has 0 aromatic rings. The zero-order valence-corrected chi connectivity index (χ0v) is 9.16. The Morgan fingerprint density at radius 3 is 2.31 bits per heavy atom. The van der Waals surface area contributed by atoms with Crippen LogP contribution in [0.1, 0.15) is 26.7 Å². The van der Waals surface area contributed by atoms with Gasteiger partial charge in [0.2, 0.25) is 0 Å². The number of aliphatic hydroxyl groups is 1. The van der Waals surface area contributed by atoms with E-state index in [1.165, 1.54) is 0 Å². The van der Waals surface area contributed by atoms with E-state index in [2.05, 4.69) is 9.05 Å². The Hall–Kier alpha value is 0.360. The van der Waals surface area contributed by atoms with Crippen LogP contribution in [0.25, 0.3) is 0 Å². The number of hydrogen-bond donors (Lipinski definition) is 2. The molecule has 0 saturated carbocycles. The van der Waals surface area contributed by atoms with E-state index in [1.807, 2.05) is 0 Å². The van der Waals surface area contributed by atoms with Gasteiger partial charge >= 0.3 is 7.82 Å². The number of hydrogen-bond acceptors (Lipinski definition) is 4. The summed E-state index contributed by atoms with van der Waals surface area (Å²) in [6, 6.07) is 0. The van der Waals surface area contributed by atoms with Gasteiger partial charge in [-0.1, -0.05) is 25.4 Å². The first kappa shape index (κ1) is 13.4. The predicted molar refractivity (Wildman–Crippen MR) is 48.2 cm³/mol. The quantitative estimate of drug-likeness (QED) is 0.415. The molecule has 0 fully saturated rings. The van der Waals surface area contributed by atoms with E-state index in [1.54, 1.807) is 13.8 Å². The third kappa shape index (κ3) is 6.43. The second kappa shape index (κ2) is 5.96. The minimum absolute atomic E-state index is 0.201. The molecule has 0 aromatic carbocycles. The van der Waals surface area contributed by atoms with Crippen LogP contribution < -0.4 is 0 Å². The van der Waals surface area contributed by atoms with Gasteiger partial charge in [0.05, 0.1) is 0 Å². The molecule has 0 aliphatic rings. The summed E-state index contributed by atoms with van der Waals surface area (Å²) < 4.78 is 19.8. The maximum atomic E-state index is 11.0. The Balaban J connectivity index is 4.00. The maximum absolute atomic E-state index is 11.0. The van der Waals surface area contributed by atoms with E-state index in [0.717, 1.165) is 0 Å². The lowest BCUT2D eigenvalue weighted by atomic mass is 10.5. The van der Waals surface area contributed by atoms with Crippen LogP contribution in [-0.4, -0.2) is 21.9 Å². The molecule has 3 atom stereocenters. The van der Waals surface area contributed by atoms with Crippen molar-refractivity contribution in [1.29, 1.82) is 0 Å². The molecule has 0 rings (SSSR count). The fourth-order valence-electron chi connectivity index (χ4n) is 0.472. The van der Waals surface area contributed by atoms with Gasteiger partial charge in [0.25, 0.3) is 0 Å². The van der Waals surface area contributed by atoms with Gasteiger partial charge in [0, 0.05) is 0 Å². The Labute approximate surface area is 82.2 Å². The van der Waals surface area contributed by atoms with Crippen molar-refractivity contribution in [2.45, 2.75) is 38.5 Å². The van der Waals surface area contributed by atoms with Gasteiger partial charge in [-0.25, -0.2) is 4.57 Å². The third-order valence-electron chi connectivity index (χ3n) is 1.17. The topological polar surface area (TPSA) is 76.0 Å². The number of halogens is 1. The lowest BCUT2D eigenvalue weighted by Gasteiger charge is -2.17. The number of alkyl halides is 1. The lowest BCUT2D eigenvalue weighted by Crippen LogP contribution is -2.11. The normalized spacial score (nSPS) is 20.7. The second-order valence-corrected chi connectivity index (χ2v) is 4.21. The summed E-state index contributed by atoms with van der Waals surface area (Å²) in [7, 11) is -4.22. The molecule has 5 nitrogen and oxygen atoms in total. The van der Waals surface area contributed by atoms with Crippen LogP contribution in [-0.2, 0) is 13.6 Å². The Morgan fingerprint density at radius 2 is 1.92 bits per heavy atom. The Bertz CT molecular complexity index is 172. The van der Waals surface area contributed by atoms with Crippen molar-refractivity contribution in [2.75, 3.05) is 0 Å². The zero-order chi connectivity index (χ0) is 10.5. The van der Waals surface area contributed by atoms with Crippen molar-refractivity contribution in [3.8, 4) is 0 Å². The number of phosphoric acid groups is 1. The van der Waals surface area contributed by atoms with E-state index in [0.29, 0.717) is 6.42 Å². The molecule has 0 saturated heterocycles. The molecular weight excluding hydrogens is 218 g/mol. The third-order valence-corrected chi connectivity index (χ3v) is 2.73. The van der Waals surface area contributed by atoms with E-state index < -0.39 is 19.7 Å². The highest BCUT2D eigenvalue weighted by Crippen LogP contribution is 2.46. The molecule has 13 heavy (non-hydrogen) atoms. The highest BCUT2D eigenvalue weighted by atomic mass is 35.5. The summed E-state index contributed by atoms with van der Waals surface area (Å²) in [6.07, 6.45) is -0.735. The first-order valence-corrected chi connectivity index (χ1v) is 5.86. The molecule has 0 heterocycles. The van der Waals surface area contributed by atoms with Crippen LogP contribution in [0.5, 0.6) is 0 Å². The predicted octanol–water partition coefficient (Wildman–Crippen LogP) is 1.82. The summed E-state index contributed by atoms with van der Waals surface area (Å²) >= 11 is 5.46. The summed E-state index contributed by atoms with van der Waals surface area (Å²) in [5, 5.41) is 8.90.